The maximum absolute atomic E-state index is 7.34. The topological polar surface area (TPSA) is 88.5 Å². The Labute approximate surface area is 117 Å². The lowest BCUT2D eigenvalue weighted by molar-refractivity contribution is 0.955. The summed E-state index contributed by atoms with van der Waals surface area (Å²) in [5.41, 5.74) is 6.98. The number of nitrogens with two attached hydrogens (primary N) is 1. The van der Waals surface area contributed by atoms with E-state index in [9.17, 15) is 0 Å². The van der Waals surface area contributed by atoms with Crippen LogP contribution in [0.2, 0.25) is 0 Å². The number of nitrogens with one attached hydrogen (secondary N) is 1. The van der Waals surface area contributed by atoms with Gasteiger partial charge in [-0.15, -0.1) is 10.2 Å². The number of hydrogen-bond acceptors (Lipinski definition) is 7. The predicted octanol–water partition coefficient (Wildman–Crippen LogP) is 2.23. The van der Waals surface area contributed by atoms with Crippen LogP contribution in [-0.4, -0.2) is 27.3 Å². The molecular formula is C10H11N5S3. The molecule has 0 spiro atoms. The van der Waals surface area contributed by atoms with Gasteiger partial charge in [0.1, 0.15) is 11.5 Å². The summed E-state index contributed by atoms with van der Waals surface area (Å²) in [6.07, 6.45) is 3.65. The molecule has 0 fully saturated rings. The molecular weight excluding hydrogens is 286 g/mol. The van der Waals surface area contributed by atoms with E-state index in [0.29, 0.717) is 5.69 Å². The van der Waals surface area contributed by atoms with Gasteiger partial charge in [0.05, 0.1) is 0 Å². The Morgan fingerprint density at radius 1 is 1.44 bits per heavy atom. The molecule has 2 aromatic heterocycles. The monoisotopic (exact) mass is 297 g/mol. The van der Waals surface area contributed by atoms with Crippen LogP contribution in [0.15, 0.2) is 27.0 Å². The number of rotatable bonds is 5. The van der Waals surface area contributed by atoms with Crippen LogP contribution in [0.5, 0.6) is 0 Å². The third-order valence-corrected chi connectivity index (χ3v) is 5.13. The molecule has 0 saturated heterocycles. The molecule has 0 amide bonds. The third-order valence-electron chi connectivity index (χ3n) is 2.03. The van der Waals surface area contributed by atoms with E-state index in [1.54, 1.807) is 41.1 Å². The molecule has 0 bridgehead atoms. The number of hydrogen-bond donors (Lipinski definition) is 2. The molecule has 18 heavy (non-hydrogen) atoms. The van der Waals surface area contributed by atoms with E-state index >= 15 is 0 Å². The van der Waals surface area contributed by atoms with Crippen molar-refractivity contribution in [2.45, 2.75) is 14.4 Å². The van der Waals surface area contributed by atoms with Crippen LogP contribution < -0.4 is 5.73 Å². The number of nitrogen functional groups attached to an aromatic ring is 1. The summed E-state index contributed by atoms with van der Waals surface area (Å²) in [5, 5.41) is 15.5. The fourth-order valence-electron chi connectivity index (χ4n) is 1.19. The highest BCUT2D eigenvalue weighted by molar-refractivity contribution is 8.02. The van der Waals surface area contributed by atoms with E-state index in [0.717, 1.165) is 20.0 Å². The van der Waals surface area contributed by atoms with Crippen molar-refractivity contribution in [2.24, 2.45) is 5.73 Å². The summed E-state index contributed by atoms with van der Waals surface area (Å²) in [6.45, 7) is 0. The molecule has 0 radical (unpaired) electrons. The summed E-state index contributed by atoms with van der Waals surface area (Å²) in [7, 11) is 0. The second-order valence-electron chi connectivity index (χ2n) is 3.29. The van der Waals surface area contributed by atoms with E-state index in [2.05, 4.69) is 15.2 Å². The van der Waals surface area contributed by atoms with Crippen molar-refractivity contribution in [3.05, 3.63) is 29.6 Å². The van der Waals surface area contributed by atoms with Gasteiger partial charge in [0, 0.05) is 11.9 Å². The molecule has 8 heteroatoms. The van der Waals surface area contributed by atoms with Crippen LogP contribution in [0.1, 0.15) is 11.3 Å². The van der Waals surface area contributed by atoms with Crippen LogP contribution in [-0.2, 0) is 5.75 Å². The van der Waals surface area contributed by atoms with Gasteiger partial charge >= 0.3 is 0 Å². The van der Waals surface area contributed by atoms with Crippen LogP contribution in [0.3, 0.4) is 0 Å². The third kappa shape index (κ3) is 3.44. The zero-order valence-electron chi connectivity index (χ0n) is 9.58. The Hall–Kier alpha value is -1.12. The first-order chi connectivity index (χ1) is 8.69. The smallest absolute Gasteiger partial charge is 0.175 e. The lowest BCUT2D eigenvalue weighted by atomic mass is 10.2. The van der Waals surface area contributed by atoms with Gasteiger partial charge in [0.2, 0.25) is 0 Å². The molecule has 0 atom stereocenters. The Balaban J connectivity index is 2.01. The van der Waals surface area contributed by atoms with Gasteiger partial charge in [-0.1, -0.05) is 34.9 Å². The van der Waals surface area contributed by atoms with Crippen molar-refractivity contribution < 1.29 is 0 Å². The van der Waals surface area contributed by atoms with Gasteiger partial charge in [0.15, 0.2) is 8.68 Å². The van der Waals surface area contributed by atoms with Gasteiger partial charge in [-0.2, -0.15) is 0 Å². The van der Waals surface area contributed by atoms with Crippen molar-refractivity contribution in [3.63, 3.8) is 0 Å². The molecule has 2 heterocycles. The molecule has 0 saturated carbocycles. The highest BCUT2D eigenvalue weighted by Crippen LogP contribution is 2.29. The van der Waals surface area contributed by atoms with Crippen molar-refractivity contribution in [1.82, 2.24) is 15.2 Å². The summed E-state index contributed by atoms with van der Waals surface area (Å²) in [4.78, 5) is 4.02. The first-order valence-corrected chi connectivity index (χ1v) is 8.01. The molecule has 0 aromatic carbocycles. The van der Waals surface area contributed by atoms with Crippen molar-refractivity contribution in [2.75, 3.05) is 6.26 Å². The SMILES string of the molecule is CSc1nnc(SCc2ccnc(C(=N)N)c2)s1. The molecule has 0 aliphatic heterocycles. The number of pyridine rings is 1. The zero-order valence-corrected chi connectivity index (χ0v) is 12.0. The van der Waals surface area contributed by atoms with Crippen molar-refractivity contribution in [3.8, 4) is 0 Å². The summed E-state index contributed by atoms with van der Waals surface area (Å²) >= 11 is 4.80. The molecule has 0 unspecified atom stereocenters. The van der Waals surface area contributed by atoms with E-state index in [1.807, 2.05) is 18.4 Å². The molecule has 94 valence electrons. The largest absolute Gasteiger partial charge is 0.382 e. The number of thioether (sulfide) groups is 2. The highest BCUT2D eigenvalue weighted by Gasteiger charge is 2.05. The summed E-state index contributed by atoms with van der Waals surface area (Å²) in [5.74, 6) is 0.758. The Bertz CT molecular complexity index is 554. The zero-order chi connectivity index (χ0) is 13.0. The number of nitrogens with zero attached hydrogens (tertiary/aromatic N) is 3. The average Bonchev–Trinajstić information content (AvgIpc) is 2.84. The number of aromatic nitrogens is 3. The lowest BCUT2D eigenvalue weighted by Gasteiger charge is -2.01. The minimum absolute atomic E-state index is 0.0116. The second kappa shape index (κ2) is 6.17. The predicted molar refractivity (Wildman–Crippen MR) is 76.5 cm³/mol. The molecule has 0 aliphatic carbocycles. The Morgan fingerprint density at radius 3 is 2.89 bits per heavy atom. The highest BCUT2D eigenvalue weighted by atomic mass is 32.2. The maximum atomic E-state index is 7.34. The minimum atomic E-state index is -0.0116. The first-order valence-electron chi connectivity index (χ1n) is 4.98. The first kappa shape index (κ1) is 13.3. The minimum Gasteiger partial charge on any atom is -0.382 e. The van der Waals surface area contributed by atoms with Crippen LogP contribution in [0, 0.1) is 5.41 Å². The van der Waals surface area contributed by atoms with E-state index < -0.39 is 0 Å². The summed E-state index contributed by atoms with van der Waals surface area (Å²) in [6, 6.07) is 3.74. The summed E-state index contributed by atoms with van der Waals surface area (Å²) < 4.78 is 1.91. The standard InChI is InChI=1S/C10H11N5S3/c1-16-9-14-15-10(18-9)17-5-6-2-3-13-7(4-6)8(11)12/h2-4H,5H2,1H3,(H3,11,12). The fraction of sp³-hybridized carbons (Fsp3) is 0.200. The maximum Gasteiger partial charge on any atom is 0.175 e. The van der Waals surface area contributed by atoms with Gasteiger partial charge < -0.3 is 5.73 Å². The molecule has 2 aromatic rings. The van der Waals surface area contributed by atoms with Crippen LogP contribution in [0.25, 0.3) is 0 Å². The van der Waals surface area contributed by atoms with Crippen LogP contribution in [0.4, 0.5) is 0 Å². The average molecular weight is 297 g/mol. The van der Waals surface area contributed by atoms with Gasteiger partial charge in [-0.25, -0.2) is 0 Å². The van der Waals surface area contributed by atoms with Gasteiger partial charge in [0.25, 0.3) is 0 Å². The molecule has 3 N–H and O–H groups in total. The number of amidine groups is 1. The molecule has 0 aliphatic rings. The van der Waals surface area contributed by atoms with E-state index in [4.69, 9.17) is 11.1 Å². The van der Waals surface area contributed by atoms with Gasteiger partial charge in [-0.05, 0) is 24.0 Å². The Kier molecular flexibility index (Phi) is 4.56. The van der Waals surface area contributed by atoms with Crippen LogP contribution >= 0.6 is 34.9 Å². The van der Waals surface area contributed by atoms with Gasteiger partial charge in [-0.3, -0.25) is 10.4 Å². The van der Waals surface area contributed by atoms with Crippen molar-refractivity contribution in [1.29, 1.82) is 5.41 Å². The van der Waals surface area contributed by atoms with E-state index in [1.165, 1.54) is 0 Å². The normalized spacial score (nSPS) is 10.5. The molecule has 2 rings (SSSR count). The molecule has 5 nitrogen and oxygen atoms in total. The van der Waals surface area contributed by atoms with Crippen molar-refractivity contribution >= 4 is 40.7 Å². The Morgan fingerprint density at radius 2 is 2.22 bits per heavy atom. The fourth-order valence-corrected chi connectivity index (χ4v) is 3.58. The quantitative estimate of drug-likeness (QED) is 0.500. The van der Waals surface area contributed by atoms with E-state index in [-0.39, 0.29) is 5.84 Å². The lowest BCUT2D eigenvalue weighted by Crippen LogP contribution is -2.13. The second-order valence-corrected chi connectivity index (χ2v) is 6.54.